The average Bonchev–Trinajstić information content (AvgIpc) is 3.28. The fourth-order valence-corrected chi connectivity index (χ4v) is 3.38. The van der Waals surface area contributed by atoms with Gasteiger partial charge in [0.25, 0.3) is 11.1 Å². The predicted molar refractivity (Wildman–Crippen MR) is 99.2 cm³/mol. The summed E-state index contributed by atoms with van der Waals surface area (Å²) in [7, 11) is 0. The number of nitrogens with zero attached hydrogens (tertiary/aromatic N) is 2. The summed E-state index contributed by atoms with van der Waals surface area (Å²) in [5, 5.41) is 12.8. The van der Waals surface area contributed by atoms with Crippen molar-refractivity contribution in [2.75, 3.05) is 11.9 Å². The van der Waals surface area contributed by atoms with Crippen LogP contribution < -0.4 is 10.1 Å². The summed E-state index contributed by atoms with van der Waals surface area (Å²) in [5.74, 6) is 0.952. The highest BCUT2D eigenvalue weighted by Gasteiger charge is 2.20. The molecule has 8 heteroatoms. The lowest BCUT2D eigenvalue weighted by atomic mass is 10.3. The number of ether oxygens (including phenoxy) is 1. The van der Waals surface area contributed by atoms with E-state index in [9.17, 15) is 4.79 Å². The Morgan fingerprint density at radius 2 is 2.16 bits per heavy atom. The first-order chi connectivity index (χ1) is 12.2. The van der Waals surface area contributed by atoms with Crippen LogP contribution in [0.2, 0.25) is 0 Å². The van der Waals surface area contributed by atoms with Crippen molar-refractivity contribution >= 4 is 34.7 Å². The van der Waals surface area contributed by atoms with Crippen molar-refractivity contribution in [2.45, 2.75) is 24.3 Å². The number of thioether (sulfide) groups is 1. The van der Waals surface area contributed by atoms with Crippen LogP contribution in [0.15, 0.2) is 51.4 Å². The molecule has 3 aromatic rings. The van der Waals surface area contributed by atoms with Gasteiger partial charge in [-0.05, 0) is 37.4 Å². The number of nitrogens with one attached hydrogen (secondary N) is 1. The minimum atomic E-state index is -0.397. The van der Waals surface area contributed by atoms with Crippen LogP contribution in [-0.4, -0.2) is 28.0 Å². The third-order valence-electron chi connectivity index (χ3n) is 3.23. The van der Waals surface area contributed by atoms with Gasteiger partial charge in [-0.1, -0.05) is 30.0 Å². The molecular formula is C17H17N3O3S2. The summed E-state index contributed by atoms with van der Waals surface area (Å²) in [6.07, 6.45) is 0. The van der Waals surface area contributed by atoms with E-state index in [4.69, 9.17) is 9.15 Å². The number of carbonyl (C=O) groups excluding carboxylic acids is 1. The van der Waals surface area contributed by atoms with E-state index in [1.807, 2.05) is 48.7 Å². The van der Waals surface area contributed by atoms with E-state index in [0.717, 1.165) is 4.88 Å². The van der Waals surface area contributed by atoms with E-state index < -0.39 is 5.25 Å². The Morgan fingerprint density at radius 1 is 1.32 bits per heavy atom. The quantitative estimate of drug-likeness (QED) is 0.620. The van der Waals surface area contributed by atoms with Gasteiger partial charge in [0.1, 0.15) is 5.75 Å². The van der Waals surface area contributed by atoms with Crippen LogP contribution in [-0.2, 0) is 4.79 Å². The number of rotatable bonds is 7. The van der Waals surface area contributed by atoms with Crippen LogP contribution in [0.25, 0.3) is 10.8 Å². The first-order valence-electron chi connectivity index (χ1n) is 7.74. The summed E-state index contributed by atoms with van der Waals surface area (Å²) in [4.78, 5) is 13.3. The fraction of sp³-hybridized carbons (Fsp3) is 0.235. The van der Waals surface area contributed by atoms with Crippen LogP contribution >= 0.6 is 23.1 Å². The Bertz CT molecular complexity index is 833. The van der Waals surface area contributed by atoms with Crippen molar-refractivity contribution in [2.24, 2.45) is 0 Å². The smallest absolute Gasteiger partial charge is 0.277 e. The lowest BCUT2D eigenvalue weighted by Crippen LogP contribution is -2.22. The highest BCUT2D eigenvalue weighted by atomic mass is 32.2. The molecule has 0 aliphatic heterocycles. The number of carbonyl (C=O) groups is 1. The van der Waals surface area contributed by atoms with Gasteiger partial charge in [0, 0.05) is 0 Å². The number of hydrogen-bond donors (Lipinski definition) is 1. The monoisotopic (exact) mass is 375 g/mol. The Morgan fingerprint density at radius 3 is 2.92 bits per heavy atom. The molecule has 1 aromatic carbocycles. The molecule has 25 heavy (non-hydrogen) atoms. The zero-order chi connectivity index (χ0) is 17.6. The number of anilines is 1. The molecule has 0 radical (unpaired) electrons. The minimum absolute atomic E-state index is 0.159. The van der Waals surface area contributed by atoms with Crippen molar-refractivity contribution in [1.29, 1.82) is 0 Å². The molecule has 1 unspecified atom stereocenters. The Balaban J connectivity index is 1.63. The molecule has 130 valence electrons. The maximum absolute atomic E-state index is 12.4. The second kappa shape index (κ2) is 8.17. The minimum Gasteiger partial charge on any atom is -0.492 e. The van der Waals surface area contributed by atoms with Gasteiger partial charge >= 0.3 is 0 Å². The van der Waals surface area contributed by atoms with Gasteiger partial charge in [0.2, 0.25) is 5.91 Å². The largest absolute Gasteiger partial charge is 0.492 e. The molecule has 0 aliphatic rings. The Kier molecular flexibility index (Phi) is 5.72. The number of benzene rings is 1. The summed E-state index contributed by atoms with van der Waals surface area (Å²) in [6.45, 7) is 4.22. The van der Waals surface area contributed by atoms with Gasteiger partial charge in [-0.15, -0.1) is 21.5 Å². The van der Waals surface area contributed by atoms with Crippen molar-refractivity contribution in [3.63, 3.8) is 0 Å². The summed E-state index contributed by atoms with van der Waals surface area (Å²) in [5.41, 5.74) is 0.645. The topological polar surface area (TPSA) is 77.2 Å². The predicted octanol–water partition coefficient (Wildman–Crippen LogP) is 4.32. The van der Waals surface area contributed by atoms with Gasteiger partial charge in [-0.3, -0.25) is 4.79 Å². The van der Waals surface area contributed by atoms with Gasteiger partial charge in [-0.2, -0.15) is 0 Å². The first-order valence-corrected chi connectivity index (χ1v) is 9.50. The van der Waals surface area contributed by atoms with E-state index in [1.165, 1.54) is 23.1 Å². The van der Waals surface area contributed by atoms with Crippen LogP contribution in [0.4, 0.5) is 5.69 Å². The molecule has 0 saturated carbocycles. The zero-order valence-electron chi connectivity index (χ0n) is 13.8. The maximum Gasteiger partial charge on any atom is 0.277 e. The molecular weight excluding hydrogens is 358 g/mol. The zero-order valence-corrected chi connectivity index (χ0v) is 15.4. The number of hydrogen-bond acceptors (Lipinski definition) is 7. The van der Waals surface area contributed by atoms with E-state index in [0.29, 0.717) is 29.2 Å². The van der Waals surface area contributed by atoms with Gasteiger partial charge in [0.15, 0.2) is 0 Å². The van der Waals surface area contributed by atoms with Crippen molar-refractivity contribution in [3.8, 4) is 16.5 Å². The summed E-state index contributed by atoms with van der Waals surface area (Å²) < 4.78 is 11.1. The molecule has 1 atom stereocenters. The molecule has 0 aliphatic carbocycles. The Hall–Kier alpha value is -2.32. The number of para-hydroxylation sites is 2. The molecule has 0 spiro atoms. The lowest BCUT2D eigenvalue weighted by molar-refractivity contribution is -0.115. The molecule has 3 rings (SSSR count). The van der Waals surface area contributed by atoms with Crippen LogP contribution in [0.5, 0.6) is 5.75 Å². The van der Waals surface area contributed by atoms with E-state index >= 15 is 0 Å². The highest BCUT2D eigenvalue weighted by molar-refractivity contribution is 8.00. The van der Waals surface area contributed by atoms with Gasteiger partial charge < -0.3 is 14.5 Å². The number of amides is 1. The van der Waals surface area contributed by atoms with Gasteiger partial charge in [0.05, 0.1) is 22.4 Å². The highest BCUT2D eigenvalue weighted by Crippen LogP contribution is 2.30. The molecule has 0 bridgehead atoms. The van der Waals surface area contributed by atoms with Crippen molar-refractivity contribution < 1.29 is 13.9 Å². The SMILES string of the molecule is CCOc1ccccc1NC(=O)C(C)Sc1nnc(-c2cccs2)o1. The average molecular weight is 375 g/mol. The molecule has 0 saturated heterocycles. The van der Waals surface area contributed by atoms with Crippen LogP contribution in [0, 0.1) is 0 Å². The molecule has 1 N–H and O–H groups in total. The van der Waals surface area contributed by atoms with E-state index in [1.54, 1.807) is 6.92 Å². The first kappa shape index (κ1) is 17.5. The normalized spacial score (nSPS) is 11.9. The molecule has 2 heterocycles. The molecule has 0 fully saturated rings. The standard InChI is InChI=1S/C17H17N3O3S2/c1-3-22-13-8-5-4-7-12(13)18-15(21)11(2)25-17-20-19-16(23-17)14-9-6-10-24-14/h4-11H,3H2,1-2H3,(H,18,21). The third kappa shape index (κ3) is 4.40. The van der Waals surface area contributed by atoms with Gasteiger partial charge in [-0.25, -0.2) is 0 Å². The fourth-order valence-electron chi connectivity index (χ4n) is 2.05. The molecule has 1 amide bonds. The molecule has 6 nitrogen and oxygen atoms in total. The summed E-state index contributed by atoms with van der Waals surface area (Å²) in [6, 6.07) is 11.2. The van der Waals surface area contributed by atoms with Crippen LogP contribution in [0.1, 0.15) is 13.8 Å². The lowest BCUT2D eigenvalue weighted by Gasteiger charge is -2.13. The van der Waals surface area contributed by atoms with Crippen molar-refractivity contribution in [1.82, 2.24) is 10.2 Å². The van der Waals surface area contributed by atoms with E-state index in [-0.39, 0.29) is 5.91 Å². The Labute approximate surface area is 153 Å². The summed E-state index contributed by atoms with van der Waals surface area (Å²) >= 11 is 2.74. The third-order valence-corrected chi connectivity index (χ3v) is 5.02. The van der Waals surface area contributed by atoms with Crippen molar-refractivity contribution in [3.05, 3.63) is 41.8 Å². The second-order valence-electron chi connectivity index (χ2n) is 5.03. The second-order valence-corrected chi connectivity index (χ2v) is 7.27. The maximum atomic E-state index is 12.4. The molecule has 2 aromatic heterocycles. The van der Waals surface area contributed by atoms with E-state index in [2.05, 4.69) is 15.5 Å². The number of aromatic nitrogens is 2. The number of thiophene rings is 1. The van der Waals surface area contributed by atoms with Crippen LogP contribution in [0.3, 0.4) is 0 Å².